The number of ether oxygens (including phenoxy) is 2. The summed E-state index contributed by atoms with van der Waals surface area (Å²) in [5.74, 6) is -0.0714. The molecule has 36 heavy (non-hydrogen) atoms. The second kappa shape index (κ2) is 14.7. The molecule has 1 heterocycles. The number of nitrogens with zero attached hydrogens (tertiary/aromatic N) is 1. The Morgan fingerprint density at radius 1 is 1.14 bits per heavy atom. The van der Waals surface area contributed by atoms with Gasteiger partial charge < -0.3 is 14.6 Å². The molecule has 2 unspecified atom stereocenters. The average Bonchev–Trinajstić information content (AvgIpc) is 2.83. The number of hydrogen-bond donors (Lipinski definition) is 2. The Kier molecular flexibility index (Phi) is 13.5. The van der Waals surface area contributed by atoms with Crippen molar-refractivity contribution in [2.75, 3.05) is 20.0 Å². The molecule has 0 bridgehead atoms. The molecule has 1 aromatic rings. The maximum atomic E-state index is 13.1. The second-order valence-electron chi connectivity index (χ2n) is 12.1. The highest BCUT2D eigenvalue weighted by atomic mass is 32.1. The molecule has 0 aliphatic heterocycles. The molecule has 208 valence electrons. The van der Waals surface area contributed by atoms with E-state index in [0.717, 1.165) is 48.9 Å². The summed E-state index contributed by atoms with van der Waals surface area (Å²) in [5, 5.41) is 11.1. The minimum atomic E-state index is -0.594. The molecular formula is C30H53NO4S. The van der Waals surface area contributed by atoms with Crippen molar-refractivity contribution >= 4 is 18.6 Å². The van der Waals surface area contributed by atoms with Gasteiger partial charge in [0.05, 0.1) is 30.1 Å². The van der Waals surface area contributed by atoms with Crippen molar-refractivity contribution in [2.24, 2.45) is 10.8 Å². The van der Waals surface area contributed by atoms with E-state index >= 15 is 0 Å². The van der Waals surface area contributed by atoms with Crippen molar-refractivity contribution in [1.82, 2.24) is 4.98 Å². The molecule has 2 aliphatic rings. The van der Waals surface area contributed by atoms with Crippen LogP contribution >= 0.6 is 12.6 Å². The SMILES string of the molecule is CCC(C)(C)C.CCOC(=O)c1c(C(C)OC)nc2c(c1C1CCCCC1)C(O)CC(C)(C)C2.CS. The van der Waals surface area contributed by atoms with Gasteiger partial charge in [0.1, 0.15) is 0 Å². The van der Waals surface area contributed by atoms with E-state index in [4.69, 9.17) is 14.5 Å². The number of fused-ring (bicyclic) bond motifs is 1. The van der Waals surface area contributed by atoms with Gasteiger partial charge in [-0.15, -0.1) is 0 Å². The van der Waals surface area contributed by atoms with Crippen molar-refractivity contribution in [3.8, 4) is 0 Å². The van der Waals surface area contributed by atoms with Crippen LogP contribution in [0, 0.1) is 10.8 Å². The maximum absolute atomic E-state index is 13.1. The Morgan fingerprint density at radius 3 is 2.17 bits per heavy atom. The number of aliphatic hydroxyl groups excluding tert-OH is 1. The zero-order valence-electron chi connectivity index (χ0n) is 24.7. The van der Waals surface area contributed by atoms with Crippen LogP contribution in [0.25, 0.3) is 0 Å². The van der Waals surface area contributed by atoms with Gasteiger partial charge in [0.25, 0.3) is 0 Å². The Balaban J connectivity index is 0.000000710. The fourth-order valence-corrected chi connectivity index (χ4v) is 4.99. The predicted molar refractivity (Wildman–Crippen MR) is 153 cm³/mol. The van der Waals surface area contributed by atoms with Gasteiger partial charge in [-0.25, -0.2) is 4.79 Å². The van der Waals surface area contributed by atoms with Crippen LogP contribution in [-0.4, -0.2) is 36.0 Å². The molecule has 3 rings (SSSR count). The number of aromatic nitrogens is 1. The van der Waals surface area contributed by atoms with E-state index in [1.54, 1.807) is 13.4 Å². The minimum Gasteiger partial charge on any atom is -0.462 e. The molecule has 1 N–H and O–H groups in total. The van der Waals surface area contributed by atoms with E-state index in [1.807, 2.05) is 13.8 Å². The molecule has 1 saturated carbocycles. The van der Waals surface area contributed by atoms with Gasteiger partial charge in [0.2, 0.25) is 0 Å². The summed E-state index contributed by atoms with van der Waals surface area (Å²) < 4.78 is 11.0. The summed E-state index contributed by atoms with van der Waals surface area (Å²) in [5.41, 5.74) is 4.52. The van der Waals surface area contributed by atoms with Crippen LogP contribution in [0.1, 0.15) is 151 Å². The zero-order valence-corrected chi connectivity index (χ0v) is 25.6. The first-order valence-corrected chi connectivity index (χ1v) is 14.6. The summed E-state index contributed by atoms with van der Waals surface area (Å²) in [7, 11) is 1.64. The Hall–Kier alpha value is -1.11. The van der Waals surface area contributed by atoms with Gasteiger partial charge in [-0.05, 0) is 68.1 Å². The average molecular weight is 524 g/mol. The molecule has 0 radical (unpaired) electrons. The first-order chi connectivity index (χ1) is 16.8. The van der Waals surface area contributed by atoms with Crippen molar-refractivity contribution in [2.45, 2.75) is 125 Å². The quantitative estimate of drug-likeness (QED) is 0.302. The van der Waals surface area contributed by atoms with E-state index in [0.29, 0.717) is 29.7 Å². The molecule has 2 atom stereocenters. The van der Waals surface area contributed by atoms with Gasteiger partial charge in [-0.2, -0.15) is 12.6 Å². The molecule has 2 aliphatic carbocycles. The van der Waals surface area contributed by atoms with Crippen molar-refractivity contribution in [1.29, 1.82) is 0 Å². The Morgan fingerprint density at radius 2 is 1.69 bits per heavy atom. The van der Waals surface area contributed by atoms with E-state index < -0.39 is 6.10 Å². The zero-order chi connectivity index (χ0) is 27.7. The van der Waals surface area contributed by atoms with Crippen LogP contribution in [0.4, 0.5) is 0 Å². The fourth-order valence-electron chi connectivity index (χ4n) is 4.99. The molecule has 0 amide bonds. The Bertz CT molecular complexity index is 825. The van der Waals surface area contributed by atoms with Crippen molar-refractivity contribution < 1.29 is 19.4 Å². The number of rotatable bonds is 5. The highest BCUT2D eigenvalue weighted by Gasteiger charge is 2.39. The predicted octanol–water partition coefficient (Wildman–Crippen LogP) is 8.01. The third-order valence-corrected chi connectivity index (χ3v) is 7.40. The van der Waals surface area contributed by atoms with E-state index in [-0.39, 0.29) is 23.4 Å². The molecule has 0 aromatic carbocycles. The van der Waals surface area contributed by atoms with Crippen LogP contribution < -0.4 is 0 Å². The third-order valence-electron chi connectivity index (χ3n) is 7.40. The number of carbonyl (C=O) groups is 1. The first kappa shape index (κ1) is 32.9. The van der Waals surface area contributed by atoms with Crippen LogP contribution in [-0.2, 0) is 15.9 Å². The maximum Gasteiger partial charge on any atom is 0.340 e. The van der Waals surface area contributed by atoms with E-state index in [1.165, 1.54) is 12.8 Å². The summed E-state index contributed by atoms with van der Waals surface area (Å²) in [6.07, 6.45) is 9.16. The molecule has 5 nitrogen and oxygen atoms in total. The lowest BCUT2D eigenvalue weighted by atomic mass is 9.70. The number of pyridine rings is 1. The summed E-state index contributed by atoms with van der Waals surface area (Å²) >= 11 is 3.53. The van der Waals surface area contributed by atoms with Gasteiger partial charge in [0, 0.05) is 18.4 Å². The van der Waals surface area contributed by atoms with Gasteiger partial charge in [0.15, 0.2) is 0 Å². The van der Waals surface area contributed by atoms with Crippen LogP contribution in [0.3, 0.4) is 0 Å². The molecule has 1 fully saturated rings. The van der Waals surface area contributed by atoms with Crippen LogP contribution in [0.2, 0.25) is 0 Å². The highest BCUT2D eigenvalue weighted by molar-refractivity contribution is 7.79. The van der Waals surface area contributed by atoms with E-state index in [9.17, 15) is 9.90 Å². The van der Waals surface area contributed by atoms with Gasteiger partial charge >= 0.3 is 5.97 Å². The molecule has 0 spiro atoms. The lowest BCUT2D eigenvalue weighted by Gasteiger charge is -2.38. The number of esters is 1. The summed E-state index contributed by atoms with van der Waals surface area (Å²) in [6.45, 7) is 17.3. The lowest BCUT2D eigenvalue weighted by Crippen LogP contribution is -2.31. The Labute approximate surface area is 226 Å². The van der Waals surface area contributed by atoms with Crippen molar-refractivity contribution in [3.63, 3.8) is 0 Å². The highest BCUT2D eigenvalue weighted by Crippen LogP contribution is 2.47. The van der Waals surface area contributed by atoms with Crippen LogP contribution in [0.15, 0.2) is 0 Å². The topological polar surface area (TPSA) is 68.7 Å². The molecule has 6 heteroatoms. The molecule has 0 saturated heterocycles. The largest absolute Gasteiger partial charge is 0.462 e. The van der Waals surface area contributed by atoms with Crippen LogP contribution in [0.5, 0.6) is 0 Å². The van der Waals surface area contributed by atoms with Gasteiger partial charge in [-0.3, -0.25) is 4.98 Å². The minimum absolute atomic E-state index is 0.0255. The van der Waals surface area contributed by atoms with Gasteiger partial charge in [-0.1, -0.05) is 67.2 Å². The molecular weight excluding hydrogens is 470 g/mol. The van der Waals surface area contributed by atoms with Crippen molar-refractivity contribution in [3.05, 3.63) is 28.1 Å². The normalized spacial score (nSPS) is 20.2. The lowest BCUT2D eigenvalue weighted by molar-refractivity contribution is 0.0507. The smallest absolute Gasteiger partial charge is 0.340 e. The van der Waals surface area contributed by atoms with E-state index in [2.05, 4.69) is 54.2 Å². The number of hydrogen-bond acceptors (Lipinski definition) is 6. The number of methoxy groups -OCH3 is 1. The second-order valence-corrected chi connectivity index (χ2v) is 12.1. The number of thiol groups is 1. The summed E-state index contributed by atoms with van der Waals surface area (Å²) in [6, 6.07) is 0. The number of aliphatic hydroxyl groups is 1. The first-order valence-electron chi connectivity index (χ1n) is 13.7. The fraction of sp³-hybridized carbons (Fsp3) is 0.800. The number of carbonyl (C=O) groups excluding carboxylic acids is 1. The standard InChI is InChI=1S/C23H35NO4.C6H14.CH4S/c1-6-28-22(26)20-18(15-10-8-7-9-11-15)19-16(24-21(20)14(2)27-5)12-23(3,4)13-17(19)25;1-5-6(2,3)4;1-2/h14-15,17,25H,6-13H2,1-5H3;5H2,1-4H3;2H,1H3. The molecule has 1 aromatic heterocycles. The monoisotopic (exact) mass is 523 g/mol. The third kappa shape index (κ3) is 9.02. The summed E-state index contributed by atoms with van der Waals surface area (Å²) in [4.78, 5) is 18.0.